The molecule has 3 atom stereocenters. The van der Waals surface area contributed by atoms with E-state index >= 15 is 0 Å². The lowest BCUT2D eigenvalue weighted by Crippen LogP contribution is -2.45. The molecule has 4 heteroatoms. The van der Waals surface area contributed by atoms with Crippen LogP contribution in [-0.4, -0.2) is 30.1 Å². The van der Waals surface area contributed by atoms with Gasteiger partial charge in [-0.1, -0.05) is 6.92 Å². The first-order chi connectivity index (χ1) is 8.40. The van der Waals surface area contributed by atoms with Crippen molar-refractivity contribution in [3.05, 3.63) is 11.1 Å². The van der Waals surface area contributed by atoms with E-state index in [0.29, 0.717) is 18.4 Å². The molecule has 0 aromatic heterocycles. The minimum absolute atomic E-state index is 0.0899. The number of esters is 1. The topological polar surface area (TPSA) is 63.6 Å². The molecule has 0 amide bonds. The molecule has 18 heavy (non-hydrogen) atoms. The maximum Gasteiger partial charge on any atom is 0.311 e. The van der Waals surface area contributed by atoms with Gasteiger partial charge in [-0.2, -0.15) is 0 Å². The first-order valence-electron chi connectivity index (χ1n) is 6.41. The van der Waals surface area contributed by atoms with Crippen LogP contribution >= 0.6 is 0 Å². The highest BCUT2D eigenvalue weighted by molar-refractivity contribution is 5.97. The van der Waals surface area contributed by atoms with Crippen molar-refractivity contribution in [1.29, 1.82) is 0 Å². The number of hydrogen-bond donors (Lipinski definition) is 1. The highest BCUT2D eigenvalue weighted by Crippen LogP contribution is 2.50. The summed E-state index contributed by atoms with van der Waals surface area (Å²) in [7, 11) is 1.33. The molecule has 0 unspecified atom stereocenters. The number of ketones is 1. The lowest BCUT2D eigenvalue weighted by Gasteiger charge is -2.45. The predicted molar refractivity (Wildman–Crippen MR) is 65.8 cm³/mol. The van der Waals surface area contributed by atoms with Crippen molar-refractivity contribution < 1.29 is 19.4 Å². The Bertz CT molecular complexity index is 424. The molecule has 2 aliphatic rings. The summed E-state index contributed by atoms with van der Waals surface area (Å²) in [6.07, 6.45) is 1.88. The minimum atomic E-state index is -0.875. The standard InChI is InChI=1S/C14H20O4/c1-8-10(15)5-7-14(2)6-4-9(13(17)18-3)12(16)11(8)14/h9,12,16H,4-7H2,1-3H3/t9-,12-,14+/m0/s1. The number of Topliss-reactive ketones (excluding diaryl/α,β-unsaturated/α-hetero) is 1. The van der Waals surface area contributed by atoms with Crippen LogP contribution in [0.3, 0.4) is 0 Å². The molecule has 1 N–H and O–H groups in total. The maximum absolute atomic E-state index is 11.8. The van der Waals surface area contributed by atoms with Crippen LogP contribution < -0.4 is 0 Å². The SMILES string of the molecule is COC(=O)[C@H]1CC[C@]2(C)CCC(=O)C(C)=C2[C@H]1O. The molecule has 0 aliphatic heterocycles. The summed E-state index contributed by atoms with van der Waals surface area (Å²) in [6.45, 7) is 3.84. The van der Waals surface area contributed by atoms with Crippen LogP contribution in [0.25, 0.3) is 0 Å². The number of carbonyl (C=O) groups is 2. The van der Waals surface area contributed by atoms with E-state index in [9.17, 15) is 14.7 Å². The second kappa shape index (κ2) is 4.50. The number of hydrogen-bond acceptors (Lipinski definition) is 4. The molecule has 0 heterocycles. The molecule has 0 saturated heterocycles. The number of rotatable bonds is 1. The summed E-state index contributed by atoms with van der Waals surface area (Å²) in [5.41, 5.74) is 1.27. The number of carbonyl (C=O) groups excluding carboxylic acids is 2. The summed E-state index contributed by atoms with van der Waals surface area (Å²) in [5.74, 6) is -0.825. The van der Waals surface area contributed by atoms with Gasteiger partial charge in [-0.25, -0.2) is 0 Å². The van der Waals surface area contributed by atoms with Crippen LogP contribution in [0.4, 0.5) is 0 Å². The van der Waals surface area contributed by atoms with Gasteiger partial charge < -0.3 is 9.84 Å². The number of allylic oxidation sites excluding steroid dienone is 1. The van der Waals surface area contributed by atoms with Crippen LogP contribution in [0.2, 0.25) is 0 Å². The smallest absolute Gasteiger partial charge is 0.311 e. The van der Waals surface area contributed by atoms with Crippen molar-refractivity contribution in [2.45, 2.75) is 45.6 Å². The lowest BCUT2D eigenvalue weighted by atomic mass is 9.60. The van der Waals surface area contributed by atoms with Crippen LogP contribution in [0.15, 0.2) is 11.1 Å². The van der Waals surface area contributed by atoms with Crippen molar-refractivity contribution in [1.82, 2.24) is 0 Å². The summed E-state index contributed by atoms with van der Waals surface area (Å²) in [6, 6.07) is 0. The number of aliphatic hydroxyl groups is 1. The maximum atomic E-state index is 11.8. The number of aliphatic hydroxyl groups excluding tert-OH is 1. The molecule has 1 saturated carbocycles. The second-order valence-electron chi connectivity index (χ2n) is 5.64. The van der Waals surface area contributed by atoms with E-state index in [0.717, 1.165) is 18.4 Å². The molecule has 100 valence electrons. The predicted octanol–water partition coefficient (Wildman–Crippen LogP) is 1.62. The van der Waals surface area contributed by atoms with Crippen LogP contribution in [0.5, 0.6) is 0 Å². The molecule has 4 nitrogen and oxygen atoms in total. The summed E-state index contributed by atoms with van der Waals surface area (Å²) >= 11 is 0. The highest BCUT2D eigenvalue weighted by atomic mass is 16.5. The van der Waals surface area contributed by atoms with Gasteiger partial charge in [-0.3, -0.25) is 9.59 Å². The van der Waals surface area contributed by atoms with Crippen molar-refractivity contribution >= 4 is 11.8 Å². The minimum Gasteiger partial charge on any atom is -0.469 e. The van der Waals surface area contributed by atoms with E-state index < -0.39 is 12.0 Å². The first kappa shape index (κ1) is 13.3. The fourth-order valence-corrected chi connectivity index (χ4v) is 3.38. The van der Waals surface area contributed by atoms with Gasteiger partial charge in [0.05, 0.1) is 19.1 Å². The fraction of sp³-hybridized carbons (Fsp3) is 0.714. The van der Waals surface area contributed by atoms with Crippen LogP contribution in [0, 0.1) is 11.3 Å². The molecule has 0 spiro atoms. The van der Waals surface area contributed by atoms with Gasteiger partial charge >= 0.3 is 5.97 Å². The van der Waals surface area contributed by atoms with E-state index in [1.165, 1.54) is 7.11 Å². The molecule has 2 rings (SSSR count). The van der Waals surface area contributed by atoms with E-state index in [1.807, 2.05) is 0 Å². The van der Waals surface area contributed by atoms with Gasteiger partial charge in [0.25, 0.3) is 0 Å². The average Bonchev–Trinajstić information content (AvgIpc) is 2.34. The average molecular weight is 252 g/mol. The third-order valence-electron chi connectivity index (χ3n) is 4.56. The van der Waals surface area contributed by atoms with Crippen molar-refractivity contribution in [2.75, 3.05) is 7.11 Å². The van der Waals surface area contributed by atoms with E-state index in [1.54, 1.807) is 6.92 Å². The number of fused-ring (bicyclic) bond motifs is 1. The van der Waals surface area contributed by atoms with Crippen molar-refractivity contribution in [3.8, 4) is 0 Å². The van der Waals surface area contributed by atoms with Crippen molar-refractivity contribution in [2.24, 2.45) is 11.3 Å². The number of ether oxygens (including phenoxy) is 1. The Labute approximate surface area is 107 Å². The lowest BCUT2D eigenvalue weighted by molar-refractivity contribution is -0.151. The third-order valence-corrected chi connectivity index (χ3v) is 4.56. The molecule has 2 aliphatic carbocycles. The van der Waals surface area contributed by atoms with E-state index in [-0.39, 0.29) is 17.2 Å². The normalized spacial score (nSPS) is 36.3. The van der Waals surface area contributed by atoms with E-state index in [2.05, 4.69) is 6.92 Å². The molecule has 0 aromatic carbocycles. The zero-order chi connectivity index (χ0) is 13.5. The first-order valence-corrected chi connectivity index (χ1v) is 6.41. The van der Waals surface area contributed by atoms with Gasteiger partial charge in [0.1, 0.15) is 0 Å². The van der Waals surface area contributed by atoms with Gasteiger partial charge in [0, 0.05) is 6.42 Å². The summed E-state index contributed by atoms with van der Waals surface area (Å²) in [5, 5.41) is 10.4. The molecule has 1 fully saturated rings. The van der Waals surface area contributed by atoms with Gasteiger partial charge in [0.15, 0.2) is 5.78 Å². The monoisotopic (exact) mass is 252 g/mol. The number of methoxy groups -OCH3 is 1. The van der Waals surface area contributed by atoms with Gasteiger partial charge in [0.2, 0.25) is 0 Å². The Balaban J connectivity index is 2.41. The van der Waals surface area contributed by atoms with Gasteiger partial charge in [-0.15, -0.1) is 0 Å². The quantitative estimate of drug-likeness (QED) is 0.720. The largest absolute Gasteiger partial charge is 0.469 e. The van der Waals surface area contributed by atoms with E-state index in [4.69, 9.17) is 4.74 Å². The summed E-state index contributed by atoms with van der Waals surface area (Å²) in [4.78, 5) is 23.5. The van der Waals surface area contributed by atoms with Gasteiger partial charge in [-0.05, 0) is 42.7 Å². The molecule has 0 aromatic rings. The zero-order valence-corrected chi connectivity index (χ0v) is 11.2. The molecular formula is C14H20O4. The second-order valence-corrected chi connectivity index (χ2v) is 5.64. The molecular weight excluding hydrogens is 232 g/mol. The fourth-order valence-electron chi connectivity index (χ4n) is 3.38. The molecule has 0 radical (unpaired) electrons. The zero-order valence-electron chi connectivity index (χ0n) is 11.2. The molecule has 0 bridgehead atoms. The van der Waals surface area contributed by atoms with Crippen LogP contribution in [0.1, 0.15) is 39.5 Å². The Morgan fingerprint density at radius 2 is 2.11 bits per heavy atom. The Morgan fingerprint density at radius 1 is 1.44 bits per heavy atom. The Morgan fingerprint density at radius 3 is 2.72 bits per heavy atom. The summed E-state index contributed by atoms with van der Waals surface area (Å²) < 4.78 is 4.73. The Hall–Kier alpha value is -1.16. The third kappa shape index (κ3) is 1.88. The van der Waals surface area contributed by atoms with Crippen molar-refractivity contribution in [3.63, 3.8) is 0 Å². The van der Waals surface area contributed by atoms with Crippen LogP contribution in [-0.2, 0) is 14.3 Å². The highest BCUT2D eigenvalue weighted by Gasteiger charge is 2.47. The Kier molecular flexibility index (Phi) is 3.32.